The van der Waals surface area contributed by atoms with Crippen molar-refractivity contribution in [2.45, 2.75) is 123 Å². The Morgan fingerprint density at radius 3 is 1.73 bits per heavy atom. The van der Waals surface area contributed by atoms with Gasteiger partial charge in [0, 0.05) is 38.3 Å². The molecule has 30 heavy (non-hydrogen) atoms. The molecule has 0 spiro atoms. The highest BCUT2D eigenvalue weighted by Gasteiger charge is 2.19. The lowest BCUT2D eigenvalue weighted by atomic mass is 10.0. The molecule has 0 saturated carbocycles. The Morgan fingerprint density at radius 2 is 1.33 bits per heavy atom. The molecular weight excluding hydrogens is 374 g/mol. The van der Waals surface area contributed by atoms with Crippen molar-refractivity contribution >= 4 is 11.7 Å². The number of carbonyl (C=O) groups excluding carboxylic acids is 2. The molecule has 0 saturated heterocycles. The predicted molar refractivity (Wildman–Crippen MR) is 128 cm³/mol. The highest BCUT2D eigenvalue weighted by Crippen LogP contribution is 2.13. The maximum Gasteiger partial charge on any atom is 0.220 e. The topological polar surface area (TPSA) is 75.4 Å². The van der Waals surface area contributed by atoms with Crippen LogP contribution in [0.15, 0.2) is 11.9 Å². The number of nitrogens with two attached hydrogens (primary N) is 1. The van der Waals surface area contributed by atoms with Gasteiger partial charge in [0.1, 0.15) is 0 Å². The zero-order valence-corrected chi connectivity index (χ0v) is 20.3. The second kappa shape index (κ2) is 19.4. The minimum atomic E-state index is -0.497. The average Bonchev–Trinajstić information content (AvgIpc) is 2.73. The molecule has 0 aromatic rings. The standard InChI is InChI=1S/C25H49N3O2/c1-5-7-8-9-10-11-12-13-14-15-16-17-18-19-25(30)27-24(22(3)29)20-23(21-26)28(4)6-2/h21,24H,5-20,26H2,1-4H3,(H,27,30)/b23-21-. The van der Waals surface area contributed by atoms with E-state index in [1.807, 2.05) is 18.9 Å². The van der Waals surface area contributed by atoms with Gasteiger partial charge in [0.15, 0.2) is 5.78 Å². The van der Waals surface area contributed by atoms with Crippen molar-refractivity contribution in [2.24, 2.45) is 5.73 Å². The average molecular weight is 424 g/mol. The Morgan fingerprint density at radius 1 is 0.867 bits per heavy atom. The van der Waals surface area contributed by atoms with Crippen LogP contribution in [0.5, 0.6) is 0 Å². The summed E-state index contributed by atoms with van der Waals surface area (Å²) in [6.45, 7) is 6.62. The fourth-order valence-electron chi connectivity index (χ4n) is 3.63. The fourth-order valence-corrected chi connectivity index (χ4v) is 3.63. The van der Waals surface area contributed by atoms with Crippen molar-refractivity contribution in [3.63, 3.8) is 0 Å². The Balaban J connectivity index is 3.81. The van der Waals surface area contributed by atoms with Crippen LogP contribution in [0.3, 0.4) is 0 Å². The molecule has 0 aliphatic rings. The third kappa shape index (κ3) is 15.3. The van der Waals surface area contributed by atoms with Crippen molar-refractivity contribution in [1.29, 1.82) is 0 Å². The Labute approximate surface area is 186 Å². The minimum Gasteiger partial charge on any atom is -0.403 e. The quantitative estimate of drug-likeness (QED) is 0.247. The molecule has 5 nitrogen and oxygen atoms in total. The van der Waals surface area contributed by atoms with Gasteiger partial charge in [-0.2, -0.15) is 0 Å². The summed E-state index contributed by atoms with van der Waals surface area (Å²) >= 11 is 0. The Kier molecular flexibility index (Phi) is 18.5. The molecule has 0 bridgehead atoms. The summed E-state index contributed by atoms with van der Waals surface area (Å²) in [6, 6.07) is -0.497. The molecule has 0 aliphatic heterocycles. The molecule has 0 aromatic heterocycles. The van der Waals surface area contributed by atoms with Crippen molar-refractivity contribution in [2.75, 3.05) is 13.6 Å². The van der Waals surface area contributed by atoms with E-state index in [-0.39, 0.29) is 11.7 Å². The molecule has 1 unspecified atom stereocenters. The summed E-state index contributed by atoms with van der Waals surface area (Å²) in [4.78, 5) is 26.2. The molecule has 0 rings (SSSR count). The number of amides is 1. The van der Waals surface area contributed by atoms with Crippen LogP contribution in [0.4, 0.5) is 0 Å². The molecule has 0 fully saturated rings. The normalized spacial score (nSPS) is 12.6. The molecule has 0 aliphatic carbocycles. The maximum atomic E-state index is 12.2. The number of carbonyl (C=O) groups is 2. The summed E-state index contributed by atoms with van der Waals surface area (Å²) in [7, 11) is 1.94. The summed E-state index contributed by atoms with van der Waals surface area (Å²) in [5.74, 6) is -0.0636. The van der Waals surface area contributed by atoms with E-state index in [9.17, 15) is 9.59 Å². The smallest absolute Gasteiger partial charge is 0.220 e. The molecule has 1 amide bonds. The second-order valence-corrected chi connectivity index (χ2v) is 8.60. The molecule has 3 N–H and O–H groups in total. The molecule has 0 radical (unpaired) electrons. The van der Waals surface area contributed by atoms with E-state index in [1.165, 1.54) is 83.8 Å². The third-order valence-electron chi connectivity index (χ3n) is 5.90. The first kappa shape index (κ1) is 28.5. The Hall–Kier alpha value is -1.52. The lowest BCUT2D eigenvalue weighted by Crippen LogP contribution is -2.41. The van der Waals surface area contributed by atoms with Crippen LogP contribution in [0, 0.1) is 0 Å². The van der Waals surface area contributed by atoms with Crippen molar-refractivity contribution in [3.8, 4) is 0 Å². The van der Waals surface area contributed by atoms with Gasteiger partial charge in [-0.15, -0.1) is 0 Å². The molecule has 5 heteroatoms. The van der Waals surface area contributed by atoms with Crippen LogP contribution >= 0.6 is 0 Å². The van der Waals surface area contributed by atoms with Gasteiger partial charge in [0.25, 0.3) is 0 Å². The molecule has 0 aromatic carbocycles. The first-order chi connectivity index (χ1) is 14.5. The van der Waals surface area contributed by atoms with E-state index in [2.05, 4.69) is 12.2 Å². The summed E-state index contributed by atoms with van der Waals surface area (Å²) in [6.07, 6.45) is 19.2. The SMILES string of the molecule is CCCCCCCCCCCCCCCC(=O)NC(C/C(=C/N)N(C)CC)C(C)=O. The van der Waals surface area contributed by atoms with Gasteiger partial charge in [-0.25, -0.2) is 0 Å². The van der Waals surface area contributed by atoms with Crippen molar-refractivity contribution in [1.82, 2.24) is 10.2 Å². The number of unbranched alkanes of at least 4 members (excludes halogenated alkanes) is 12. The second-order valence-electron chi connectivity index (χ2n) is 8.60. The van der Waals surface area contributed by atoms with Crippen LogP contribution in [0.25, 0.3) is 0 Å². The number of Topliss-reactive ketones (excluding diaryl/α,β-unsaturated/α-hetero) is 1. The molecular formula is C25H49N3O2. The van der Waals surface area contributed by atoms with Crippen molar-refractivity contribution < 1.29 is 9.59 Å². The van der Waals surface area contributed by atoms with Gasteiger partial charge in [-0.05, 0) is 20.3 Å². The van der Waals surface area contributed by atoms with Gasteiger partial charge >= 0.3 is 0 Å². The summed E-state index contributed by atoms with van der Waals surface area (Å²) in [5.41, 5.74) is 6.56. The number of hydrogen-bond donors (Lipinski definition) is 2. The van der Waals surface area contributed by atoms with Gasteiger partial charge < -0.3 is 16.0 Å². The van der Waals surface area contributed by atoms with Crippen LogP contribution in [0.2, 0.25) is 0 Å². The van der Waals surface area contributed by atoms with Gasteiger partial charge in [0.05, 0.1) is 6.04 Å². The van der Waals surface area contributed by atoms with Gasteiger partial charge in [-0.1, -0.05) is 84.0 Å². The van der Waals surface area contributed by atoms with E-state index in [0.29, 0.717) is 12.8 Å². The highest BCUT2D eigenvalue weighted by molar-refractivity contribution is 5.87. The third-order valence-corrected chi connectivity index (χ3v) is 5.90. The molecule has 176 valence electrons. The van der Waals surface area contributed by atoms with E-state index < -0.39 is 6.04 Å². The zero-order chi connectivity index (χ0) is 22.6. The predicted octanol–water partition coefficient (Wildman–Crippen LogP) is 5.68. The number of rotatable bonds is 20. The van der Waals surface area contributed by atoms with Crippen LogP contribution in [-0.2, 0) is 9.59 Å². The minimum absolute atomic E-state index is 0.0300. The lowest BCUT2D eigenvalue weighted by Gasteiger charge is -2.24. The van der Waals surface area contributed by atoms with E-state index in [0.717, 1.165) is 25.1 Å². The van der Waals surface area contributed by atoms with E-state index >= 15 is 0 Å². The zero-order valence-electron chi connectivity index (χ0n) is 20.3. The summed E-state index contributed by atoms with van der Waals surface area (Å²) in [5, 5.41) is 2.89. The first-order valence-corrected chi connectivity index (χ1v) is 12.4. The fraction of sp³-hybridized carbons (Fsp3) is 0.840. The monoisotopic (exact) mass is 423 g/mol. The van der Waals surface area contributed by atoms with Gasteiger partial charge in [-0.3, -0.25) is 9.59 Å². The number of nitrogens with zero attached hydrogens (tertiary/aromatic N) is 1. The molecule has 0 heterocycles. The number of nitrogens with one attached hydrogen (secondary N) is 1. The maximum absolute atomic E-state index is 12.2. The van der Waals surface area contributed by atoms with Crippen LogP contribution in [-0.4, -0.2) is 36.2 Å². The van der Waals surface area contributed by atoms with E-state index in [4.69, 9.17) is 5.73 Å². The lowest BCUT2D eigenvalue weighted by molar-refractivity contribution is -0.127. The summed E-state index contributed by atoms with van der Waals surface area (Å²) < 4.78 is 0. The highest BCUT2D eigenvalue weighted by atomic mass is 16.2. The number of ketones is 1. The Bertz CT molecular complexity index is 477. The van der Waals surface area contributed by atoms with Crippen LogP contribution < -0.4 is 11.1 Å². The number of hydrogen-bond acceptors (Lipinski definition) is 4. The van der Waals surface area contributed by atoms with Crippen molar-refractivity contribution in [3.05, 3.63) is 11.9 Å². The molecule has 1 atom stereocenters. The first-order valence-electron chi connectivity index (χ1n) is 12.4. The largest absolute Gasteiger partial charge is 0.403 e. The van der Waals surface area contributed by atoms with Gasteiger partial charge in [0.2, 0.25) is 5.91 Å². The van der Waals surface area contributed by atoms with E-state index in [1.54, 1.807) is 0 Å². The van der Waals surface area contributed by atoms with Crippen LogP contribution in [0.1, 0.15) is 117 Å².